The van der Waals surface area contributed by atoms with E-state index in [0.29, 0.717) is 4.47 Å². The van der Waals surface area contributed by atoms with E-state index >= 15 is 0 Å². The minimum Gasteiger partial charge on any atom is -0.444 e. The molecule has 0 aliphatic carbocycles. The summed E-state index contributed by atoms with van der Waals surface area (Å²) in [5.41, 5.74) is -5.29. The summed E-state index contributed by atoms with van der Waals surface area (Å²) in [4.78, 5) is 16.2. The maximum atomic E-state index is 14.4. The molecule has 1 aromatic rings. The second-order valence-corrected chi connectivity index (χ2v) is 8.72. The highest BCUT2D eigenvalue weighted by Crippen LogP contribution is 2.42. The van der Waals surface area contributed by atoms with E-state index in [4.69, 9.17) is 9.47 Å². The second kappa shape index (κ2) is 7.29. The number of alkyl halides is 3. The van der Waals surface area contributed by atoms with Crippen LogP contribution in [0.3, 0.4) is 0 Å². The highest BCUT2D eigenvalue weighted by atomic mass is 79.9. The van der Waals surface area contributed by atoms with Crippen LogP contribution < -0.4 is 5.32 Å². The molecular weight excluding hydrogens is 448 g/mol. The first-order valence-corrected chi connectivity index (χ1v) is 9.13. The predicted octanol–water partition coefficient (Wildman–Crippen LogP) is 5.08. The Morgan fingerprint density at radius 2 is 1.89 bits per heavy atom. The van der Waals surface area contributed by atoms with Gasteiger partial charge in [-0.15, -0.1) is 0 Å². The molecule has 1 aliphatic rings. The standard InChI is InChI=1S/C18H21BrF4N2O3/c1-15(2,3)28-14(26)24-13-17(5,18(21,22)23)27-9-16(4,25-13)11-8-10(19)6-7-12(11)20/h6-8H,9H2,1-5H3,(H,24,25,26)/t16-,17+/m0/s1. The van der Waals surface area contributed by atoms with Gasteiger partial charge in [0.2, 0.25) is 5.60 Å². The topological polar surface area (TPSA) is 59.9 Å². The van der Waals surface area contributed by atoms with E-state index in [9.17, 15) is 22.4 Å². The second-order valence-electron chi connectivity index (χ2n) is 7.81. The lowest BCUT2D eigenvalue weighted by atomic mass is 9.89. The maximum Gasteiger partial charge on any atom is 0.424 e. The number of benzene rings is 1. The molecule has 5 nitrogen and oxygen atoms in total. The molecule has 10 heteroatoms. The lowest BCUT2D eigenvalue weighted by Gasteiger charge is -2.42. The molecule has 0 unspecified atom stereocenters. The number of rotatable bonds is 1. The molecule has 28 heavy (non-hydrogen) atoms. The number of alkyl carbamates (subject to hydrolysis) is 1. The zero-order valence-corrected chi connectivity index (χ0v) is 17.6. The molecular formula is C18H21BrF4N2O3. The average Bonchev–Trinajstić information content (AvgIpc) is 2.50. The molecule has 0 saturated carbocycles. The van der Waals surface area contributed by atoms with Gasteiger partial charge in [0, 0.05) is 10.0 Å². The van der Waals surface area contributed by atoms with Crippen molar-refractivity contribution in [3.8, 4) is 0 Å². The Morgan fingerprint density at radius 1 is 1.29 bits per heavy atom. The number of nitrogens with zero attached hydrogens (tertiary/aromatic N) is 1. The molecule has 2 atom stereocenters. The zero-order chi connectivity index (χ0) is 21.5. The van der Waals surface area contributed by atoms with Crippen LogP contribution in [0.2, 0.25) is 0 Å². The van der Waals surface area contributed by atoms with Gasteiger partial charge in [-0.25, -0.2) is 9.18 Å². The van der Waals surface area contributed by atoms with Gasteiger partial charge in [0.1, 0.15) is 22.8 Å². The molecule has 0 fully saturated rings. The van der Waals surface area contributed by atoms with E-state index in [1.807, 2.05) is 5.32 Å². The fraction of sp³-hybridized carbons (Fsp3) is 0.556. The summed E-state index contributed by atoms with van der Waals surface area (Å²) in [5.74, 6) is -1.47. The number of carbonyl (C=O) groups excluding carboxylic acids is 1. The number of ether oxygens (including phenoxy) is 2. The van der Waals surface area contributed by atoms with Gasteiger partial charge in [0.15, 0.2) is 0 Å². The first-order chi connectivity index (χ1) is 12.6. The highest BCUT2D eigenvalue weighted by molar-refractivity contribution is 9.10. The van der Waals surface area contributed by atoms with Crippen molar-refractivity contribution in [3.05, 3.63) is 34.1 Å². The molecule has 0 saturated heterocycles. The lowest BCUT2D eigenvalue weighted by molar-refractivity contribution is -0.250. The van der Waals surface area contributed by atoms with Gasteiger partial charge in [-0.2, -0.15) is 13.2 Å². The third-order valence-electron chi connectivity index (χ3n) is 4.12. The SMILES string of the molecule is CC(C)(C)OC(=O)NC1=N[C@](C)(c2cc(Br)ccc2F)CO[C@@]1(C)C(F)(F)F. The van der Waals surface area contributed by atoms with Crippen LogP contribution in [0, 0.1) is 5.82 Å². The van der Waals surface area contributed by atoms with Crippen LogP contribution in [-0.2, 0) is 15.0 Å². The first-order valence-electron chi connectivity index (χ1n) is 8.34. The normalized spacial score (nSPS) is 25.9. The van der Waals surface area contributed by atoms with Crippen molar-refractivity contribution >= 4 is 27.9 Å². The van der Waals surface area contributed by atoms with Crippen molar-refractivity contribution in [2.45, 2.75) is 57.5 Å². The third-order valence-corrected chi connectivity index (χ3v) is 4.61. The molecule has 2 rings (SSSR count). The van der Waals surface area contributed by atoms with E-state index in [-0.39, 0.29) is 5.56 Å². The molecule has 0 bridgehead atoms. The Labute approximate surface area is 168 Å². The number of halogens is 5. The number of carbonyl (C=O) groups is 1. The summed E-state index contributed by atoms with van der Waals surface area (Å²) in [6.07, 6.45) is -6.00. The monoisotopic (exact) mass is 468 g/mol. The van der Waals surface area contributed by atoms with Gasteiger partial charge in [-0.1, -0.05) is 15.9 Å². The number of amidine groups is 1. The van der Waals surface area contributed by atoms with Crippen LogP contribution in [0.15, 0.2) is 27.7 Å². The van der Waals surface area contributed by atoms with Gasteiger partial charge in [0.05, 0.1) is 6.61 Å². The number of aliphatic imine (C=N–C) groups is 1. The van der Waals surface area contributed by atoms with E-state index < -0.39 is 47.3 Å². The summed E-state index contributed by atoms with van der Waals surface area (Å²) >= 11 is 3.20. The zero-order valence-electron chi connectivity index (χ0n) is 16.0. The van der Waals surface area contributed by atoms with Crippen LogP contribution in [0.25, 0.3) is 0 Å². The van der Waals surface area contributed by atoms with Crippen molar-refractivity contribution in [3.63, 3.8) is 0 Å². The predicted molar refractivity (Wildman–Crippen MR) is 98.7 cm³/mol. The summed E-state index contributed by atoms with van der Waals surface area (Å²) < 4.78 is 66.1. The van der Waals surface area contributed by atoms with E-state index in [1.54, 1.807) is 20.8 Å². The molecule has 0 aromatic heterocycles. The molecule has 1 heterocycles. The van der Waals surface area contributed by atoms with Gasteiger partial charge >= 0.3 is 12.3 Å². The van der Waals surface area contributed by atoms with Crippen molar-refractivity contribution < 1.29 is 31.8 Å². The minimum atomic E-state index is -4.88. The van der Waals surface area contributed by atoms with E-state index in [0.717, 1.165) is 6.92 Å². The van der Waals surface area contributed by atoms with Gasteiger partial charge in [0.25, 0.3) is 0 Å². The summed E-state index contributed by atoms with van der Waals surface area (Å²) in [7, 11) is 0. The van der Waals surface area contributed by atoms with Crippen LogP contribution in [0.1, 0.15) is 40.2 Å². The van der Waals surface area contributed by atoms with Gasteiger partial charge in [-0.3, -0.25) is 10.3 Å². The molecule has 0 spiro atoms. The van der Waals surface area contributed by atoms with Gasteiger partial charge in [-0.05, 0) is 52.8 Å². The van der Waals surface area contributed by atoms with Crippen molar-refractivity contribution in [1.82, 2.24) is 5.32 Å². The summed E-state index contributed by atoms with van der Waals surface area (Å²) in [5, 5.41) is 2.04. The number of nitrogens with one attached hydrogen (secondary N) is 1. The maximum absolute atomic E-state index is 14.4. The molecule has 156 valence electrons. The molecule has 0 radical (unpaired) electrons. The smallest absolute Gasteiger partial charge is 0.424 e. The highest BCUT2D eigenvalue weighted by Gasteiger charge is 2.60. The van der Waals surface area contributed by atoms with Crippen LogP contribution in [-0.4, -0.2) is 35.9 Å². The Kier molecular flexibility index (Phi) is 5.89. The quantitative estimate of drug-likeness (QED) is 0.584. The van der Waals surface area contributed by atoms with Crippen LogP contribution >= 0.6 is 15.9 Å². The summed E-state index contributed by atoms with van der Waals surface area (Å²) in [6.45, 7) is 6.32. The van der Waals surface area contributed by atoms with Crippen LogP contribution in [0.5, 0.6) is 0 Å². The Morgan fingerprint density at radius 3 is 2.43 bits per heavy atom. The number of amides is 1. The average molecular weight is 469 g/mol. The largest absolute Gasteiger partial charge is 0.444 e. The fourth-order valence-electron chi connectivity index (χ4n) is 2.55. The number of hydrogen-bond donors (Lipinski definition) is 1. The van der Waals surface area contributed by atoms with E-state index in [2.05, 4.69) is 20.9 Å². The Hall–Kier alpha value is -1.68. The lowest BCUT2D eigenvalue weighted by Crippen LogP contribution is -2.62. The number of hydrogen-bond acceptors (Lipinski definition) is 4. The fourth-order valence-corrected chi connectivity index (χ4v) is 2.91. The van der Waals surface area contributed by atoms with Gasteiger partial charge < -0.3 is 9.47 Å². The Balaban J connectivity index is 2.54. The van der Waals surface area contributed by atoms with Crippen LogP contribution in [0.4, 0.5) is 22.4 Å². The van der Waals surface area contributed by atoms with Crippen molar-refractivity contribution in [2.75, 3.05) is 6.61 Å². The summed E-state index contributed by atoms with van der Waals surface area (Å²) in [6, 6.07) is 4.03. The molecule has 1 N–H and O–H groups in total. The minimum absolute atomic E-state index is 0.0228. The molecule has 1 aromatic carbocycles. The third kappa shape index (κ3) is 4.65. The molecule has 1 aliphatic heterocycles. The van der Waals surface area contributed by atoms with E-state index in [1.165, 1.54) is 25.1 Å². The van der Waals surface area contributed by atoms with Crippen molar-refractivity contribution in [1.29, 1.82) is 0 Å². The molecule has 1 amide bonds. The van der Waals surface area contributed by atoms with Crippen molar-refractivity contribution in [2.24, 2.45) is 4.99 Å². The first kappa shape index (κ1) is 22.6. The Bertz CT molecular complexity index is 807.